The molecule has 2 N–H and O–H groups in total. The summed E-state index contributed by atoms with van der Waals surface area (Å²) in [7, 11) is 0. The average molecular weight is 294 g/mol. The number of epoxide rings is 1. The fourth-order valence-electron chi connectivity index (χ4n) is 2.61. The Hall–Kier alpha value is -1.47. The third-order valence-electron chi connectivity index (χ3n) is 4.14. The van der Waals surface area contributed by atoms with Crippen LogP contribution >= 0.6 is 0 Å². The van der Waals surface area contributed by atoms with Crippen molar-refractivity contribution in [3.63, 3.8) is 0 Å². The number of carboxylic acid groups (broad SMARTS) is 1. The Morgan fingerprint density at radius 3 is 2.86 bits per heavy atom. The number of carbonyl (C=O) groups is 1. The summed E-state index contributed by atoms with van der Waals surface area (Å²) < 4.78 is 16.5. The molecule has 6 heteroatoms. The highest BCUT2D eigenvalue weighted by Crippen LogP contribution is 2.44. The van der Waals surface area contributed by atoms with Gasteiger partial charge in [-0.25, -0.2) is 0 Å². The van der Waals surface area contributed by atoms with E-state index in [1.54, 1.807) is 0 Å². The molecule has 21 heavy (non-hydrogen) atoms. The van der Waals surface area contributed by atoms with Crippen LogP contribution in [0.2, 0.25) is 0 Å². The maximum atomic E-state index is 11.1. The minimum Gasteiger partial charge on any atom is -0.481 e. The lowest BCUT2D eigenvalue weighted by Crippen LogP contribution is -2.55. The molecule has 0 spiro atoms. The molecule has 0 aromatic heterocycles. The molecule has 0 aliphatic carbocycles. The van der Waals surface area contributed by atoms with E-state index in [1.807, 2.05) is 30.3 Å². The molecule has 2 aliphatic rings. The number of hydrogen-bond donors (Lipinski definition) is 2. The molecule has 1 unspecified atom stereocenters. The third kappa shape index (κ3) is 2.67. The van der Waals surface area contributed by atoms with Gasteiger partial charge in [-0.1, -0.05) is 30.3 Å². The monoisotopic (exact) mass is 294 g/mol. The zero-order valence-corrected chi connectivity index (χ0v) is 11.6. The van der Waals surface area contributed by atoms with Crippen molar-refractivity contribution >= 4 is 5.97 Å². The number of fused-ring (bicyclic) bond motifs is 1. The molecule has 5 atom stereocenters. The van der Waals surface area contributed by atoms with Crippen LogP contribution in [0, 0.1) is 5.92 Å². The summed E-state index contributed by atoms with van der Waals surface area (Å²) in [6.07, 6.45) is -1.52. The van der Waals surface area contributed by atoms with Gasteiger partial charge in [-0.3, -0.25) is 4.79 Å². The van der Waals surface area contributed by atoms with Crippen LogP contribution in [0.3, 0.4) is 0 Å². The lowest BCUT2D eigenvalue weighted by atomic mass is 9.83. The summed E-state index contributed by atoms with van der Waals surface area (Å²) >= 11 is 0. The first kappa shape index (κ1) is 14.5. The smallest absolute Gasteiger partial charge is 0.309 e. The number of hydrogen-bond acceptors (Lipinski definition) is 5. The predicted octanol–water partition coefficient (Wildman–Crippen LogP) is 0.779. The Morgan fingerprint density at radius 1 is 1.48 bits per heavy atom. The van der Waals surface area contributed by atoms with Crippen LogP contribution in [-0.2, 0) is 25.6 Å². The number of benzene rings is 1. The molecule has 1 aromatic carbocycles. The molecular weight excluding hydrogens is 276 g/mol. The molecule has 1 aromatic rings. The molecule has 2 aliphatic heterocycles. The van der Waals surface area contributed by atoms with Crippen molar-refractivity contribution in [3.8, 4) is 0 Å². The van der Waals surface area contributed by atoms with Crippen molar-refractivity contribution < 1.29 is 29.2 Å². The van der Waals surface area contributed by atoms with E-state index < -0.39 is 36.0 Å². The number of aliphatic hydroxyl groups is 1. The highest BCUT2D eigenvalue weighted by molar-refractivity contribution is 5.71. The van der Waals surface area contributed by atoms with Gasteiger partial charge in [0.15, 0.2) is 6.29 Å². The summed E-state index contributed by atoms with van der Waals surface area (Å²) in [6, 6.07) is 9.65. The zero-order chi connectivity index (χ0) is 15.0. The van der Waals surface area contributed by atoms with Crippen molar-refractivity contribution in [3.05, 3.63) is 35.9 Å². The first-order valence-electron chi connectivity index (χ1n) is 6.90. The summed E-state index contributed by atoms with van der Waals surface area (Å²) in [4.78, 5) is 11.1. The maximum Gasteiger partial charge on any atom is 0.309 e. The van der Waals surface area contributed by atoms with Gasteiger partial charge in [-0.15, -0.1) is 0 Å². The standard InChI is InChI=1S/C15H18O6/c1-9(13(16)17)15(18)8-20-14(11-12(15)21-11)19-7-10-5-3-2-4-6-10/h2-6,9,11-12,14,18H,7-8H2,1H3,(H,16,17)/t9?,11-,12+,14-,15-/m0/s1. The van der Waals surface area contributed by atoms with E-state index in [-0.39, 0.29) is 6.61 Å². The van der Waals surface area contributed by atoms with E-state index in [2.05, 4.69) is 0 Å². The second-order valence-corrected chi connectivity index (χ2v) is 5.55. The average Bonchev–Trinajstić information content (AvgIpc) is 3.28. The zero-order valence-electron chi connectivity index (χ0n) is 11.6. The molecule has 0 radical (unpaired) electrons. The van der Waals surface area contributed by atoms with E-state index in [0.29, 0.717) is 6.61 Å². The summed E-state index contributed by atoms with van der Waals surface area (Å²) in [6.45, 7) is 1.72. The molecule has 0 amide bonds. The van der Waals surface area contributed by atoms with Gasteiger partial charge >= 0.3 is 5.97 Å². The summed E-state index contributed by atoms with van der Waals surface area (Å²) in [5.74, 6) is -2.03. The number of rotatable bonds is 5. The molecule has 2 saturated heterocycles. The Bertz CT molecular complexity index is 518. The lowest BCUT2D eigenvalue weighted by Gasteiger charge is -2.35. The summed E-state index contributed by atoms with van der Waals surface area (Å²) in [5, 5.41) is 19.5. The summed E-state index contributed by atoms with van der Waals surface area (Å²) in [5.41, 5.74) is -0.485. The minimum absolute atomic E-state index is 0.110. The van der Waals surface area contributed by atoms with Crippen LogP contribution in [0.4, 0.5) is 0 Å². The molecule has 0 saturated carbocycles. The number of aliphatic carboxylic acids is 1. The van der Waals surface area contributed by atoms with E-state index in [9.17, 15) is 9.90 Å². The molecule has 114 valence electrons. The predicted molar refractivity (Wildman–Crippen MR) is 71.4 cm³/mol. The molecule has 0 bridgehead atoms. The van der Waals surface area contributed by atoms with Crippen LogP contribution in [-0.4, -0.2) is 46.9 Å². The first-order chi connectivity index (χ1) is 10.0. The van der Waals surface area contributed by atoms with Crippen LogP contribution in [0.5, 0.6) is 0 Å². The molecule has 3 rings (SSSR count). The Labute approximate surface area is 122 Å². The van der Waals surface area contributed by atoms with Crippen LogP contribution in [0.25, 0.3) is 0 Å². The SMILES string of the molecule is CC(C(=O)O)[C@@]1(O)CO[C@H](OCc2ccccc2)[C@H]2O[C@H]21. The first-order valence-corrected chi connectivity index (χ1v) is 6.90. The van der Waals surface area contributed by atoms with Crippen LogP contribution < -0.4 is 0 Å². The van der Waals surface area contributed by atoms with Gasteiger partial charge in [-0.2, -0.15) is 0 Å². The van der Waals surface area contributed by atoms with Crippen LogP contribution in [0.15, 0.2) is 30.3 Å². The maximum absolute atomic E-state index is 11.1. The Balaban J connectivity index is 1.58. The van der Waals surface area contributed by atoms with E-state index in [4.69, 9.17) is 19.3 Å². The van der Waals surface area contributed by atoms with Gasteiger partial charge in [0, 0.05) is 0 Å². The van der Waals surface area contributed by atoms with Crippen molar-refractivity contribution in [1.29, 1.82) is 0 Å². The molecule has 2 heterocycles. The van der Waals surface area contributed by atoms with Crippen molar-refractivity contribution in [1.82, 2.24) is 0 Å². The molecule has 2 fully saturated rings. The second-order valence-electron chi connectivity index (χ2n) is 5.55. The number of carboxylic acids is 1. The fraction of sp³-hybridized carbons (Fsp3) is 0.533. The van der Waals surface area contributed by atoms with Gasteiger partial charge < -0.3 is 24.4 Å². The Morgan fingerprint density at radius 2 is 2.19 bits per heavy atom. The lowest BCUT2D eigenvalue weighted by molar-refractivity contribution is -0.215. The third-order valence-corrected chi connectivity index (χ3v) is 4.14. The largest absolute Gasteiger partial charge is 0.481 e. The van der Waals surface area contributed by atoms with Gasteiger partial charge in [0.25, 0.3) is 0 Å². The highest BCUT2D eigenvalue weighted by Gasteiger charge is 2.65. The second kappa shape index (κ2) is 5.38. The van der Waals surface area contributed by atoms with Crippen molar-refractivity contribution in [2.45, 2.75) is 37.6 Å². The van der Waals surface area contributed by atoms with Gasteiger partial charge in [0.2, 0.25) is 0 Å². The van der Waals surface area contributed by atoms with Crippen molar-refractivity contribution in [2.75, 3.05) is 6.61 Å². The van der Waals surface area contributed by atoms with Gasteiger partial charge in [-0.05, 0) is 12.5 Å². The topological polar surface area (TPSA) is 88.5 Å². The van der Waals surface area contributed by atoms with E-state index in [1.165, 1.54) is 6.92 Å². The molecular formula is C15H18O6. The quantitative estimate of drug-likeness (QED) is 0.780. The minimum atomic E-state index is -1.50. The Kier molecular flexibility index (Phi) is 3.71. The normalized spacial score (nSPS) is 35.8. The number of ether oxygens (including phenoxy) is 3. The highest BCUT2D eigenvalue weighted by atomic mass is 16.7. The molecule has 6 nitrogen and oxygen atoms in total. The van der Waals surface area contributed by atoms with Crippen molar-refractivity contribution in [2.24, 2.45) is 5.92 Å². The van der Waals surface area contributed by atoms with E-state index >= 15 is 0 Å². The van der Waals surface area contributed by atoms with Crippen LogP contribution in [0.1, 0.15) is 12.5 Å². The van der Waals surface area contributed by atoms with Gasteiger partial charge in [0.05, 0.1) is 19.1 Å². The van der Waals surface area contributed by atoms with Gasteiger partial charge in [0.1, 0.15) is 17.8 Å². The van der Waals surface area contributed by atoms with E-state index in [0.717, 1.165) is 5.56 Å². The fourth-order valence-corrected chi connectivity index (χ4v) is 2.61.